The van der Waals surface area contributed by atoms with E-state index in [4.69, 9.17) is 9.15 Å². The summed E-state index contributed by atoms with van der Waals surface area (Å²) in [5.41, 5.74) is 0. The largest absolute Gasteiger partial charge is 0.424 e. The standard InChI is InChI=1S/C13H23N3O2/c1-4-17-11-5-10(6-11)7-12-15-16-13(18-12)8-14-9(2)3/h9-11,14H,4-8H2,1-3H3. The Morgan fingerprint density at radius 3 is 2.72 bits per heavy atom. The van der Waals surface area contributed by atoms with Crippen molar-refractivity contribution in [3.05, 3.63) is 11.8 Å². The third-order valence-electron chi connectivity index (χ3n) is 3.23. The van der Waals surface area contributed by atoms with Crippen LogP contribution in [0, 0.1) is 5.92 Å². The fourth-order valence-corrected chi connectivity index (χ4v) is 2.19. The van der Waals surface area contributed by atoms with Crippen LogP contribution in [0.1, 0.15) is 45.4 Å². The molecule has 0 atom stereocenters. The summed E-state index contributed by atoms with van der Waals surface area (Å²) in [6.07, 6.45) is 3.58. The maximum Gasteiger partial charge on any atom is 0.230 e. The molecule has 0 aromatic carbocycles. The monoisotopic (exact) mass is 253 g/mol. The van der Waals surface area contributed by atoms with Crippen LogP contribution in [0.15, 0.2) is 4.42 Å². The molecule has 2 rings (SSSR count). The van der Waals surface area contributed by atoms with E-state index in [9.17, 15) is 0 Å². The summed E-state index contributed by atoms with van der Waals surface area (Å²) < 4.78 is 11.1. The lowest BCUT2D eigenvalue weighted by atomic mass is 9.80. The van der Waals surface area contributed by atoms with Gasteiger partial charge < -0.3 is 14.5 Å². The Morgan fingerprint density at radius 2 is 2.06 bits per heavy atom. The zero-order chi connectivity index (χ0) is 13.0. The van der Waals surface area contributed by atoms with Crippen LogP contribution in [0.4, 0.5) is 0 Å². The van der Waals surface area contributed by atoms with Crippen molar-refractivity contribution in [1.82, 2.24) is 15.5 Å². The number of hydrogen-bond donors (Lipinski definition) is 1. The molecule has 0 radical (unpaired) electrons. The molecule has 0 unspecified atom stereocenters. The SMILES string of the molecule is CCOC1CC(Cc2nnc(CNC(C)C)o2)C1. The van der Waals surface area contributed by atoms with Crippen LogP contribution in [0.2, 0.25) is 0 Å². The molecular weight excluding hydrogens is 230 g/mol. The first-order valence-electron chi connectivity index (χ1n) is 6.83. The molecule has 1 aromatic rings. The van der Waals surface area contributed by atoms with Gasteiger partial charge in [-0.25, -0.2) is 0 Å². The van der Waals surface area contributed by atoms with E-state index < -0.39 is 0 Å². The molecule has 1 aromatic heterocycles. The first-order valence-corrected chi connectivity index (χ1v) is 6.83. The first-order chi connectivity index (χ1) is 8.67. The number of rotatable bonds is 7. The van der Waals surface area contributed by atoms with Gasteiger partial charge in [0.05, 0.1) is 12.6 Å². The molecule has 1 heterocycles. The Kier molecular flexibility index (Phi) is 4.72. The Bertz CT molecular complexity index is 359. The van der Waals surface area contributed by atoms with E-state index in [0.717, 1.165) is 31.8 Å². The van der Waals surface area contributed by atoms with Crippen LogP contribution in [0.5, 0.6) is 0 Å². The predicted molar refractivity (Wildman–Crippen MR) is 68.1 cm³/mol. The second-order valence-corrected chi connectivity index (χ2v) is 5.24. The average Bonchev–Trinajstić information content (AvgIpc) is 2.71. The Morgan fingerprint density at radius 1 is 1.33 bits per heavy atom. The fraction of sp³-hybridized carbons (Fsp3) is 0.846. The Hall–Kier alpha value is -0.940. The minimum Gasteiger partial charge on any atom is -0.424 e. The lowest BCUT2D eigenvalue weighted by Crippen LogP contribution is -2.32. The topological polar surface area (TPSA) is 60.2 Å². The van der Waals surface area contributed by atoms with Gasteiger partial charge in [0, 0.05) is 19.1 Å². The van der Waals surface area contributed by atoms with Crippen molar-refractivity contribution in [3.8, 4) is 0 Å². The van der Waals surface area contributed by atoms with E-state index in [-0.39, 0.29) is 0 Å². The summed E-state index contributed by atoms with van der Waals surface area (Å²) in [4.78, 5) is 0. The highest BCUT2D eigenvalue weighted by Crippen LogP contribution is 2.32. The molecule has 1 aliphatic carbocycles. The first kappa shape index (κ1) is 13.5. The van der Waals surface area contributed by atoms with Crippen LogP contribution in [0.3, 0.4) is 0 Å². The molecule has 1 saturated carbocycles. The molecule has 1 N–H and O–H groups in total. The van der Waals surface area contributed by atoms with Crippen LogP contribution >= 0.6 is 0 Å². The van der Waals surface area contributed by atoms with Gasteiger partial charge in [0.25, 0.3) is 0 Å². The summed E-state index contributed by atoms with van der Waals surface area (Å²) >= 11 is 0. The van der Waals surface area contributed by atoms with Crippen molar-refractivity contribution in [2.75, 3.05) is 6.61 Å². The van der Waals surface area contributed by atoms with Crippen LogP contribution < -0.4 is 5.32 Å². The third-order valence-corrected chi connectivity index (χ3v) is 3.23. The smallest absolute Gasteiger partial charge is 0.230 e. The predicted octanol–water partition coefficient (Wildman–Crippen LogP) is 1.93. The molecule has 0 amide bonds. The van der Waals surface area contributed by atoms with Gasteiger partial charge in [-0.15, -0.1) is 10.2 Å². The lowest BCUT2D eigenvalue weighted by molar-refractivity contribution is -0.0255. The molecule has 0 bridgehead atoms. The van der Waals surface area contributed by atoms with E-state index in [1.54, 1.807) is 0 Å². The van der Waals surface area contributed by atoms with Crippen LogP contribution in [-0.4, -0.2) is 29.0 Å². The van der Waals surface area contributed by atoms with E-state index in [1.807, 2.05) is 6.92 Å². The normalized spacial score (nSPS) is 23.3. The molecule has 1 aliphatic rings. The van der Waals surface area contributed by atoms with Gasteiger partial charge in [-0.1, -0.05) is 13.8 Å². The summed E-state index contributed by atoms with van der Waals surface area (Å²) in [6.45, 7) is 7.69. The highest BCUT2D eigenvalue weighted by Gasteiger charge is 2.30. The summed E-state index contributed by atoms with van der Waals surface area (Å²) in [6, 6.07) is 0.430. The second kappa shape index (κ2) is 6.29. The number of aromatic nitrogens is 2. The molecular formula is C13H23N3O2. The van der Waals surface area contributed by atoms with Gasteiger partial charge in [0.1, 0.15) is 0 Å². The van der Waals surface area contributed by atoms with Gasteiger partial charge >= 0.3 is 0 Å². The third kappa shape index (κ3) is 3.78. The maximum absolute atomic E-state index is 5.61. The minimum absolute atomic E-state index is 0.430. The summed E-state index contributed by atoms with van der Waals surface area (Å²) in [5.74, 6) is 2.09. The van der Waals surface area contributed by atoms with E-state index in [1.165, 1.54) is 0 Å². The highest BCUT2D eigenvalue weighted by molar-refractivity contribution is 4.90. The van der Waals surface area contributed by atoms with E-state index >= 15 is 0 Å². The Balaban J connectivity index is 1.71. The summed E-state index contributed by atoms with van der Waals surface area (Å²) in [7, 11) is 0. The number of nitrogens with one attached hydrogen (secondary N) is 1. The van der Waals surface area contributed by atoms with Crippen molar-refractivity contribution in [2.24, 2.45) is 5.92 Å². The zero-order valence-corrected chi connectivity index (χ0v) is 11.5. The number of hydrogen-bond acceptors (Lipinski definition) is 5. The highest BCUT2D eigenvalue weighted by atomic mass is 16.5. The van der Waals surface area contributed by atoms with Gasteiger partial charge in [-0.3, -0.25) is 0 Å². The molecule has 0 aliphatic heterocycles. The van der Waals surface area contributed by atoms with Crippen LogP contribution in [-0.2, 0) is 17.7 Å². The maximum atomic E-state index is 5.61. The van der Waals surface area contributed by atoms with Crippen molar-refractivity contribution >= 4 is 0 Å². The number of ether oxygens (including phenoxy) is 1. The fourth-order valence-electron chi connectivity index (χ4n) is 2.19. The molecule has 0 spiro atoms. The molecule has 102 valence electrons. The molecule has 5 nitrogen and oxygen atoms in total. The van der Waals surface area contributed by atoms with Gasteiger partial charge in [-0.05, 0) is 25.7 Å². The minimum atomic E-state index is 0.430. The van der Waals surface area contributed by atoms with Gasteiger partial charge in [0.2, 0.25) is 11.8 Å². The quantitative estimate of drug-likeness (QED) is 0.804. The molecule has 18 heavy (non-hydrogen) atoms. The van der Waals surface area contributed by atoms with Gasteiger partial charge in [0.15, 0.2) is 0 Å². The van der Waals surface area contributed by atoms with Crippen molar-refractivity contribution in [2.45, 2.75) is 58.7 Å². The summed E-state index contributed by atoms with van der Waals surface area (Å²) in [5, 5.41) is 11.4. The lowest BCUT2D eigenvalue weighted by Gasteiger charge is -2.33. The second-order valence-electron chi connectivity index (χ2n) is 5.24. The Labute approximate surface area is 108 Å². The molecule has 5 heteroatoms. The van der Waals surface area contributed by atoms with Crippen molar-refractivity contribution in [3.63, 3.8) is 0 Å². The van der Waals surface area contributed by atoms with Crippen LogP contribution in [0.25, 0.3) is 0 Å². The van der Waals surface area contributed by atoms with E-state index in [2.05, 4.69) is 29.4 Å². The number of nitrogens with zero attached hydrogens (tertiary/aromatic N) is 2. The molecule has 0 saturated heterocycles. The zero-order valence-electron chi connectivity index (χ0n) is 11.5. The van der Waals surface area contributed by atoms with Crippen molar-refractivity contribution < 1.29 is 9.15 Å². The molecule has 1 fully saturated rings. The van der Waals surface area contributed by atoms with E-state index in [0.29, 0.717) is 30.5 Å². The van der Waals surface area contributed by atoms with Crippen molar-refractivity contribution in [1.29, 1.82) is 0 Å². The average molecular weight is 253 g/mol. The van der Waals surface area contributed by atoms with Gasteiger partial charge in [-0.2, -0.15) is 0 Å².